The normalized spacial score (nSPS) is 17.7. The Bertz CT molecular complexity index is 1560. The van der Waals surface area contributed by atoms with Crippen molar-refractivity contribution in [3.63, 3.8) is 0 Å². The molecule has 40 heavy (non-hydrogen) atoms. The van der Waals surface area contributed by atoms with E-state index < -0.39 is 10.0 Å². The van der Waals surface area contributed by atoms with E-state index >= 15 is 0 Å². The quantitative estimate of drug-likeness (QED) is 0.323. The Hall–Kier alpha value is -3.94. The van der Waals surface area contributed by atoms with Crippen molar-refractivity contribution in [3.05, 3.63) is 131 Å². The second-order valence-corrected chi connectivity index (χ2v) is 12.4. The number of carbonyl (C=O) groups is 1. The first-order chi connectivity index (χ1) is 19.4. The van der Waals surface area contributed by atoms with Gasteiger partial charge in [-0.3, -0.25) is 14.0 Å². The van der Waals surface area contributed by atoms with Crippen LogP contribution >= 0.6 is 0 Å². The van der Waals surface area contributed by atoms with Crippen molar-refractivity contribution >= 4 is 21.6 Å². The molecule has 4 aromatic rings. The minimum Gasteiger partial charge on any atom is -0.336 e. The molecular formula is C33H33N3O3S. The molecule has 0 spiro atoms. The minimum atomic E-state index is -3.81. The van der Waals surface area contributed by atoms with E-state index in [0.717, 1.165) is 18.7 Å². The highest BCUT2D eigenvalue weighted by Gasteiger charge is 2.36. The molecule has 0 aromatic heterocycles. The van der Waals surface area contributed by atoms with Crippen LogP contribution in [0.15, 0.2) is 114 Å². The number of fused-ring (bicyclic) bond motifs is 1. The van der Waals surface area contributed by atoms with Crippen molar-refractivity contribution in [2.45, 2.75) is 30.3 Å². The van der Waals surface area contributed by atoms with Gasteiger partial charge >= 0.3 is 0 Å². The molecule has 1 fully saturated rings. The van der Waals surface area contributed by atoms with Crippen molar-refractivity contribution in [2.24, 2.45) is 0 Å². The standard InChI is InChI=1S/C33H33N3O3S/c1-25-23-28-15-8-9-18-31(28)36(25)40(38,39)30-17-10-16-29(24-30)33(37)35-21-19-34(20-22-35)32(26-11-4-2-5-12-26)27-13-6-3-7-14-27/h2-18,24-25,32H,19-23H2,1H3. The van der Waals surface area contributed by atoms with Gasteiger partial charge in [-0.1, -0.05) is 84.9 Å². The van der Waals surface area contributed by atoms with Gasteiger partial charge in [0, 0.05) is 37.8 Å². The summed E-state index contributed by atoms with van der Waals surface area (Å²) in [6.45, 7) is 4.51. The fourth-order valence-corrected chi connectivity index (χ4v) is 7.80. The summed E-state index contributed by atoms with van der Waals surface area (Å²) in [5, 5.41) is 0. The number of rotatable bonds is 6. The smallest absolute Gasteiger partial charge is 0.264 e. The molecule has 1 saturated heterocycles. The molecule has 0 saturated carbocycles. The summed E-state index contributed by atoms with van der Waals surface area (Å²) in [6.07, 6.45) is 0.672. The molecule has 6 nitrogen and oxygen atoms in total. The van der Waals surface area contributed by atoms with Crippen LogP contribution in [0, 0.1) is 0 Å². The highest BCUT2D eigenvalue weighted by molar-refractivity contribution is 7.92. The lowest BCUT2D eigenvalue weighted by atomic mass is 9.96. The highest BCUT2D eigenvalue weighted by atomic mass is 32.2. The van der Waals surface area contributed by atoms with E-state index in [1.165, 1.54) is 21.5 Å². The van der Waals surface area contributed by atoms with Gasteiger partial charge < -0.3 is 4.90 Å². The summed E-state index contributed by atoms with van der Waals surface area (Å²) in [4.78, 5) is 18.0. The number of amides is 1. The SMILES string of the molecule is CC1Cc2ccccc2N1S(=O)(=O)c1cccc(C(=O)N2CCN(C(c3ccccc3)c3ccccc3)CC2)c1. The van der Waals surface area contributed by atoms with Crippen LogP contribution in [0.2, 0.25) is 0 Å². The predicted octanol–water partition coefficient (Wildman–Crippen LogP) is 5.37. The van der Waals surface area contributed by atoms with Gasteiger partial charge in [0.25, 0.3) is 15.9 Å². The van der Waals surface area contributed by atoms with E-state index in [1.54, 1.807) is 18.2 Å². The molecule has 204 valence electrons. The monoisotopic (exact) mass is 551 g/mol. The average molecular weight is 552 g/mol. The van der Waals surface area contributed by atoms with E-state index in [-0.39, 0.29) is 22.9 Å². The molecular weight excluding hydrogens is 518 g/mol. The molecule has 0 aliphatic carbocycles. The van der Waals surface area contributed by atoms with E-state index in [1.807, 2.05) is 48.2 Å². The summed E-state index contributed by atoms with van der Waals surface area (Å²) in [5.41, 5.74) is 4.59. The average Bonchev–Trinajstić information content (AvgIpc) is 3.35. The first kappa shape index (κ1) is 26.3. The number of nitrogens with zero attached hydrogens (tertiary/aromatic N) is 3. The molecule has 1 unspecified atom stereocenters. The van der Waals surface area contributed by atoms with Crippen LogP contribution in [0.3, 0.4) is 0 Å². The largest absolute Gasteiger partial charge is 0.336 e. The third-order valence-corrected chi connectivity index (χ3v) is 9.90. The zero-order chi connectivity index (χ0) is 27.7. The van der Waals surface area contributed by atoms with Crippen molar-refractivity contribution in [2.75, 3.05) is 30.5 Å². The van der Waals surface area contributed by atoms with Gasteiger partial charge in [0.15, 0.2) is 0 Å². The molecule has 2 heterocycles. The number of hydrogen-bond donors (Lipinski definition) is 0. The zero-order valence-electron chi connectivity index (χ0n) is 22.6. The Kier molecular flexibility index (Phi) is 7.17. The molecule has 2 aliphatic heterocycles. The summed E-state index contributed by atoms with van der Waals surface area (Å²) in [7, 11) is -3.81. The van der Waals surface area contributed by atoms with Crippen LogP contribution in [0.5, 0.6) is 0 Å². The molecule has 0 radical (unpaired) electrons. The Morgan fingerprint density at radius 2 is 1.35 bits per heavy atom. The molecule has 0 bridgehead atoms. The maximum atomic E-state index is 13.7. The topological polar surface area (TPSA) is 60.9 Å². The van der Waals surface area contributed by atoms with Crippen molar-refractivity contribution in [1.29, 1.82) is 0 Å². The van der Waals surface area contributed by atoms with Gasteiger partial charge in [0.2, 0.25) is 0 Å². The first-order valence-electron chi connectivity index (χ1n) is 13.8. The number of piperazine rings is 1. The molecule has 6 rings (SSSR count). The lowest BCUT2D eigenvalue weighted by Gasteiger charge is -2.40. The molecule has 0 N–H and O–H groups in total. The number of anilines is 1. The van der Waals surface area contributed by atoms with Crippen LogP contribution in [0.25, 0.3) is 0 Å². The first-order valence-corrected chi connectivity index (χ1v) is 15.2. The van der Waals surface area contributed by atoms with Gasteiger partial charge in [0.05, 0.1) is 16.6 Å². The molecule has 7 heteroatoms. The number of para-hydroxylation sites is 1. The van der Waals surface area contributed by atoms with Gasteiger partial charge in [-0.25, -0.2) is 8.42 Å². The van der Waals surface area contributed by atoms with Crippen molar-refractivity contribution in [1.82, 2.24) is 9.80 Å². The van der Waals surface area contributed by atoms with Gasteiger partial charge in [0.1, 0.15) is 0 Å². The van der Waals surface area contributed by atoms with Crippen LogP contribution < -0.4 is 4.31 Å². The summed E-state index contributed by atoms with van der Waals surface area (Å²) < 4.78 is 29.0. The lowest BCUT2D eigenvalue weighted by molar-refractivity contribution is 0.0597. The Morgan fingerprint density at radius 3 is 2.00 bits per heavy atom. The summed E-state index contributed by atoms with van der Waals surface area (Å²) in [6, 6.07) is 35.0. The van der Waals surface area contributed by atoms with Crippen molar-refractivity contribution < 1.29 is 13.2 Å². The third kappa shape index (κ3) is 4.91. The Labute approximate surface area is 236 Å². The van der Waals surface area contributed by atoms with Gasteiger partial charge in [-0.2, -0.15) is 0 Å². The highest BCUT2D eigenvalue weighted by Crippen LogP contribution is 2.37. The van der Waals surface area contributed by atoms with Crippen LogP contribution in [0.1, 0.15) is 40.0 Å². The number of carbonyl (C=O) groups excluding carboxylic acids is 1. The van der Waals surface area contributed by atoms with E-state index in [0.29, 0.717) is 30.8 Å². The molecule has 2 aliphatic rings. The van der Waals surface area contributed by atoms with Gasteiger partial charge in [-0.05, 0) is 54.3 Å². The Balaban J connectivity index is 1.20. The van der Waals surface area contributed by atoms with E-state index in [4.69, 9.17) is 0 Å². The fraction of sp³-hybridized carbons (Fsp3) is 0.242. The van der Waals surface area contributed by atoms with E-state index in [2.05, 4.69) is 53.4 Å². The van der Waals surface area contributed by atoms with Crippen molar-refractivity contribution in [3.8, 4) is 0 Å². The van der Waals surface area contributed by atoms with E-state index in [9.17, 15) is 13.2 Å². The molecule has 4 aromatic carbocycles. The van der Waals surface area contributed by atoms with Crippen LogP contribution in [-0.4, -0.2) is 56.3 Å². The minimum absolute atomic E-state index is 0.110. The fourth-order valence-electron chi connectivity index (χ4n) is 6.06. The maximum Gasteiger partial charge on any atom is 0.264 e. The lowest BCUT2D eigenvalue weighted by Crippen LogP contribution is -2.49. The second kappa shape index (κ2) is 10.9. The molecule has 1 amide bonds. The number of sulfonamides is 1. The Morgan fingerprint density at radius 1 is 0.750 bits per heavy atom. The third-order valence-electron chi connectivity index (χ3n) is 7.98. The summed E-state index contributed by atoms with van der Waals surface area (Å²) >= 11 is 0. The predicted molar refractivity (Wildman–Crippen MR) is 158 cm³/mol. The zero-order valence-corrected chi connectivity index (χ0v) is 23.4. The molecule has 1 atom stereocenters. The summed E-state index contributed by atoms with van der Waals surface area (Å²) in [5.74, 6) is -0.137. The van der Waals surface area contributed by atoms with Crippen LogP contribution in [0.4, 0.5) is 5.69 Å². The number of benzene rings is 4. The number of hydrogen-bond acceptors (Lipinski definition) is 4. The van der Waals surface area contributed by atoms with Crippen LogP contribution in [-0.2, 0) is 16.4 Å². The second-order valence-electron chi connectivity index (χ2n) is 10.6. The van der Waals surface area contributed by atoms with Gasteiger partial charge in [-0.15, -0.1) is 0 Å². The maximum absolute atomic E-state index is 13.7.